The quantitative estimate of drug-likeness (QED) is 0.180. The number of benzene rings is 8. The Bertz CT molecular complexity index is 3070. The van der Waals surface area contributed by atoms with Gasteiger partial charge in [0.25, 0.3) is 0 Å². The molecule has 0 unspecified atom stereocenters. The minimum Gasteiger partial charge on any atom is -0.309 e. The third kappa shape index (κ3) is 4.12. The monoisotopic (exact) mass is 649 g/mol. The highest BCUT2D eigenvalue weighted by Gasteiger charge is 2.17. The summed E-state index contributed by atoms with van der Waals surface area (Å²) in [6, 6.07) is 68.4. The Balaban J connectivity index is 1.05. The van der Waals surface area contributed by atoms with Crippen molar-refractivity contribution in [1.29, 1.82) is 0 Å². The number of hydrogen-bond acceptors (Lipinski definition) is 0. The van der Waals surface area contributed by atoms with Gasteiger partial charge in [0, 0.05) is 49.4 Å². The van der Waals surface area contributed by atoms with Crippen molar-refractivity contribution < 1.29 is 0 Å². The smallest absolute Gasteiger partial charge is 0.0541 e. The van der Waals surface area contributed by atoms with Gasteiger partial charge in [-0.15, -0.1) is 0 Å². The van der Waals surface area contributed by atoms with Crippen molar-refractivity contribution in [2.45, 2.75) is 0 Å². The van der Waals surface area contributed by atoms with E-state index in [1.54, 1.807) is 0 Å². The van der Waals surface area contributed by atoms with Gasteiger partial charge in [0.05, 0.1) is 33.1 Å². The van der Waals surface area contributed by atoms with Crippen molar-refractivity contribution in [2.24, 2.45) is 0 Å². The number of aromatic nitrogens is 3. The summed E-state index contributed by atoms with van der Waals surface area (Å²) in [4.78, 5) is 0. The molecule has 51 heavy (non-hydrogen) atoms. The predicted molar refractivity (Wildman–Crippen MR) is 215 cm³/mol. The van der Waals surface area contributed by atoms with Crippen LogP contribution in [0.3, 0.4) is 0 Å². The third-order valence-corrected chi connectivity index (χ3v) is 10.6. The van der Waals surface area contributed by atoms with E-state index in [-0.39, 0.29) is 0 Å². The fourth-order valence-electron chi connectivity index (χ4n) is 8.39. The first-order chi connectivity index (χ1) is 25.3. The van der Waals surface area contributed by atoms with Crippen molar-refractivity contribution >= 4 is 65.4 Å². The first kappa shape index (κ1) is 28.0. The van der Waals surface area contributed by atoms with Gasteiger partial charge in [-0.1, -0.05) is 103 Å². The topological polar surface area (TPSA) is 14.8 Å². The minimum atomic E-state index is 1.15. The second kappa shape index (κ2) is 10.8. The average Bonchev–Trinajstić information content (AvgIpc) is 3.84. The second-order valence-corrected chi connectivity index (χ2v) is 13.4. The normalized spacial score (nSPS) is 11.9. The molecule has 3 nitrogen and oxygen atoms in total. The molecule has 0 aliphatic heterocycles. The van der Waals surface area contributed by atoms with E-state index in [1.807, 2.05) is 0 Å². The number of rotatable bonds is 4. The van der Waals surface area contributed by atoms with Gasteiger partial charge < -0.3 is 13.7 Å². The summed E-state index contributed by atoms with van der Waals surface area (Å²) in [6.45, 7) is 0. The van der Waals surface area contributed by atoms with Crippen LogP contribution in [-0.4, -0.2) is 13.7 Å². The number of hydrogen-bond donors (Lipinski definition) is 0. The SMILES string of the molecule is c1ccc(-n2c3ccccc3c3cc(-c4ccc5c(c4)c4ccccc4n5-c4ccc(-n5c6ccccc6c6ccccc65)cc4)ccc32)cc1. The molecule has 3 heterocycles. The maximum absolute atomic E-state index is 2.40. The molecule has 3 heteroatoms. The van der Waals surface area contributed by atoms with Crippen molar-refractivity contribution in [3.63, 3.8) is 0 Å². The minimum absolute atomic E-state index is 1.15. The van der Waals surface area contributed by atoms with E-state index < -0.39 is 0 Å². The summed E-state index contributed by atoms with van der Waals surface area (Å²) < 4.78 is 7.15. The Morgan fingerprint density at radius 1 is 0.216 bits per heavy atom. The molecule has 0 aliphatic rings. The third-order valence-electron chi connectivity index (χ3n) is 10.6. The number of nitrogens with zero attached hydrogens (tertiary/aromatic N) is 3. The Hall–Kier alpha value is -6.84. The zero-order chi connectivity index (χ0) is 33.5. The first-order valence-corrected chi connectivity index (χ1v) is 17.5. The molecule has 11 rings (SSSR count). The maximum atomic E-state index is 2.40. The van der Waals surface area contributed by atoms with Gasteiger partial charge in [-0.3, -0.25) is 0 Å². The summed E-state index contributed by atoms with van der Waals surface area (Å²) in [7, 11) is 0. The molecule has 11 aromatic rings. The van der Waals surface area contributed by atoms with Crippen molar-refractivity contribution in [1.82, 2.24) is 13.7 Å². The predicted octanol–water partition coefficient (Wildman–Crippen LogP) is 12.6. The fourth-order valence-corrected chi connectivity index (χ4v) is 8.39. The van der Waals surface area contributed by atoms with Crippen LogP contribution in [0.4, 0.5) is 0 Å². The molecular weight excluding hydrogens is 619 g/mol. The molecule has 0 amide bonds. The van der Waals surface area contributed by atoms with Crippen LogP contribution in [0.15, 0.2) is 188 Å². The highest BCUT2D eigenvalue weighted by Crippen LogP contribution is 2.39. The fraction of sp³-hybridized carbons (Fsp3) is 0. The van der Waals surface area contributed by atoms with E-state index in [1.165, 1.54) is 82.2 Å². The lowest BCUT2D eigenvalue weighted by Gasteiger charge is -2.12. The number of para-hydroxylation sites is 5. The Kier molecular flexibility index (Phi) is 5.96. The van der Waals surface area contributed by atoms with Gasteiger partial charge >= 0.3 is 0 Å². The Morgan fingerprint density at radius 2 is 0.510 bits per heavy atom. The standard InChI is InChI=1S/C48H31N3/c1-2-12-34(13-3-1)49-45-20-10-6-16-39(45)41-30-32(22-28-47(41)49)33-23-29-48-42(31-33)40-17-7-11-21-46(40)51(48)36-26-24-35(25-27-36)50-43-18-8-4-14-37(43)38-15-5-9-19-44(38)50/h1-31H. The van der Waals surface area contributed by atoms with E-state index in [4.69, 9.17) is 0 Å². The van der Waals surface area contributed by atoms with Crippen LogP contribution in [0.5, 0.6) is 0 Å². The van der Waals surface area contributed by atoms with E-state index >= 15 is 0 Å². The summed E-state index contributed by atoms with van der Waals surface area (Å²) in [5.41, 5.74) is 13.2. The molecular formula is C48H31N3. The molecule has 0 fully saturated rings. The maximum Gasteiger partial charge on any atom is 0.0541 e. The van der Waals surface area contributed by atoms with Crippen LogP contribution >= 0.6 is 0 Å². The molecule has 3 aromatic heterocycles. The summed E-state index contributed by atoms with van der Waals surface area (Å²) in [5.74, 6) is 0. The van der Waals surface area contributed by atoms with Gasteiger partial charge in [-0.05, 0) is 96.1 Å². The summed E-state index contributed by atoms with van der Waals surface area (Å²) >= 11 is 0. The van der Waals surface area contributed by atoms with Gasteiger partial charge in [-0.25, -0.2) is 0 Å². The zero-order valence-electron chi connectivity index (χ0n) is 27.7. The molecule has 0 N–H and O–H groups in total. The number of fused-ring (bicyclic) bond motifs is 9. The molecule has 238 valence electrons. The Morgan fingerprint density at radius 3 is 0.902 bits per heavy atom. The molecule has 0 bridgehead atoms. The molecule has 0 radical (unpaired) electrons. The molecule has 0 saturated heterocycles. The first-order valence-electron chi connectivity index (χ1n) is 17.5. The second-order valence-electron chi connectivity index (χ2n) is 13.4. The summed E-state index contributed by atoms with van der Waals surface area (Å²) in [5, 5.41) is 7.58. The molecule has 0 aliphatic carbocycles. The van der Waals surface area contributed by atoms with E-state index in [0.717, 1.165) is 11.4 Å². The highest BCUT2D eigenvalue weighted by molar-refractivity contribution is 6.13. The lowest BCUT2D eigenvalue weighted by Crippen LogP contribution is -1.97. The van der Waals surface area contributed by atoms with Crippen molar-refractivity contribution in [2.75, 3.05) is 0 Å². The van der Waals surface area contributed by atoms with Crippen molar-refractivity contribution in [3.05, 3.63) is 188 Å². The van der Waals surface area contributed by atoms with E-state index in [0.29, 0.717) is 0 Å². The molecule has 0 atom stereocenters. The van der Waals surface area contributed by atoms with Crippen molar-refractivity contribution in [3.8, 4) is 28.2 Å². The van der Waals surface area contributed by atoms with Crippen LogP contribution < -0.4 is 0 Å². The molecule has 0 saturated carbocycles. The lowest BCUT2D eigenvalue weighted by molar-refractivity contribution is 1.14. The zero-order valence-corrected chi connectivity index (χ0v) is 27.7. The van der Waals surface area contributed by atoms with E-state index in [2.05, 4.69) is 202 Å². The van der Waals surface area contributed by atoms with E-state index in [9.17, 15) is 0 Å². The van der Waals surface area contributed by atoms with Gasteiger partial charge in [-0.2, -0.15) is 0 Å². The Labute approximate surface area is 294 Å². The van der Waals surface area contributed by atoms with Crippen LogP contribution in [0.25, 0.3) is 93.6 Å². The largest absolute Gasteiger partial charge is 0.309 e. The van der Waals surface area contributed by atoms with Crippen LogP contribution in [0, 0.1) is 0 Å². The van der Waals surface area contributed by atoms with Gasteiger partial charge in [0.15, 0.2) is 0 Å². The van der Waals surface area contributed by atoms with Gasteiger partial charge in [0.2, 0.25) is 0 Å². The highest BCUT2D eigenvalue weighted by atomic mass is 15.0. The lowest BCUT2D eigenvalue weighted by atomic mass is 10.0. The summed E-state index contributed by atoms with van der Waals surface area (Å²) in [6.07, 6.45) is 0. The van der Waals surface area contributed by atoms with Crippen LogP contribution in [0.1, 0.15) is 0 Å². The average molecular weight is 650 g/mol. The van der Waals surface area contributed by atoms with Crippen LogP contribution in [0.2, 0.25) is 0 Å². The van der Waals surface area contributed by atoms with Gasteiger partial charge in [0.1, 0.15) is 0 Å². The van der Waals surface area contributed by atoms with Crippen LogP contribution in [-0.2, 0) is 0 Å². The molecule has 0 spiro atoms. The molecule has 8 aromatic carbocycles.